The summed E-state index contributed by atoms with van der Waals surface area (Å²) in [5, 5.41) is 17.9. The van der Waals surface area contributed by atoms with Crippen molar-refractivity contribution >= 4 is 24.2 Å². The topological polar surface area (TPSA) is 95.3 Å². The van der Waals surface area contributed by atoms with Gasteiger partial charge in [0.2, 0.25) is 0 Å². The Hall–Kier alpha value is -2.41. The van der Waals surface area contributed by atoms with Gasteiger partial charge in [-0.3, -0.25) is 4.57 Å². The zero-order chi connectivity index (χ0) is 13.3. The van der Waals surface area contributed by atoms with Crippen LogP contribution in [0.1, 0.15) is 20.7 Å². The molecule has 0 spiro atoms. The third-order valence-corrected chi connectivity index (χ3v) is 2.65. The lowest BCUT2D eigenvalue weighted by Crippen LogP contribution is -2.05. The first-order chi connectivity index (χ1) is 8.49. The summed E-state index contributed by atoms with van der Waals surface area (Å²) in [6.07, 6.45) is 3.17. The molecule has 0 saturated carbocycles. The van der Waals surface area contributed by atoms with Crippen LogP contribution >= 0.6 is 12.2 Å². The van der Waals surface area contributed by atoms with E-state index in [-0.39, 0.29) is 11.1 Å². The van der Waals surface area contributed by atoms with E-state index >= 15 is 0 Å². The van der Waals surface area contributed by atoms with Crippen LogP contribution < -0.4 is 0 Å². The van der Waals surface area contributed by atoms with Crippen LogP contribution in [0.25, 0.3) is 5.69 Å². The Morgan fingerprint density at radius 2 is 1.67 bits per heavy atom. The highest BCUT2D eigenvalue weighted by molar-refractivity contribution is 7.71. The number of nitrogens with zero attached hydrogens (tertiary/aromatic N) is 1. The van der Waals surface area contributed by atoms with E-state index in [1.807, 2.05) is 0 Å². The minimum Gasteiger partial charge on any atom is -0.478 e. The van der Waals surface area contributed by atoms with Gasteiger partial charge in [0.25, 0.3) is 0 Å². The van der Waals surface area contributed by atoms with E-state index in [1.54, 1.807) is 12.4 Å². The number of carboxylic acids is 2. The average Bonchev–Trinajstić information content (AvgIpc) is 2.74. The molecule has 0 amide bonds. The molecule has 0 aliphatic heterocycles. The van der Waals surface area contributed by atoms with Gasteiger partial charge < -0.3 is 15.2 Å². The molecule has 0 unspecified atom stereocenters. The number of aromatic carboxylic acids is 2. The van der Waals surface area contributed by atoms with Crippen LogP contribution in [0.5, 0.6) is 0 Å². The highest BCUT2D eigenvalue weighted by atomic mass is 32.1. The number of imidazole rings is 1. The van der Waals surface area contributed by atoms with Crippen LogP contribution in [0.3, 0.4) is 0 Å². The highest BCUT2D eigenvalue weighted by Crippen LogP contribution is 2.15. The van der Waals surface area contributed by atoms with Crippen molar-refractivity contribution in [1.82, 2.24) is 9.55 Å². The van der Waals surface area contributed by atoms with Crippen molar-refractivity contribution < 1.29 is 19.8 Å². The molecule has 0 radical (unpaired) electrons. The van der Waals surface area contributed by atoms with Crippen LogP contribution in [-0.2, 0) is 0 Å². The maximum atomic E-state index is 10.9. The Morgan fingerprint density at radius 1 is 1.11 bits per heavy atom. The van der Waals surface area contributed by atoms with Crippen LogP contribution in [0.2, 0.25) is 0 Å². The quantitative estimate of drug-likeness (QED) is 0.736. The maximum Gasteiger partial charge on any atom is 0.335 e. The van der Waals surface area contributed by atoms with E-state index in [0.29, 0.717) is 10.5 Å². The predicted octanol–water partition coefficient (Wildman–Crippen LogP) is 1.93. The van der Waals surface area contributed by atoms with Gasteiger partial charge in [-0.15, -0.1) is 0 Å². The number of hydrogen-bond donors (Lipinski definition) is 3. The van der Waals surface area contributed by atoms with Crippen molar-refractivity contribution in [2.45, 2.75) is 0 Å². The Bertz CT molecular complexity index is 654. The molecule has 1 heterocycles. The number of aromatic nitrogens is 2. The fourth-order valence-electron chi connectivity index (χ4n) is 1.52. The van der Waals surface area contributed by atoms with Crippen LogP contribution in [0.15, 0.2) is 30.6 Å². The first-order valence-electron chi connectivity index (χ1n) is 4.87. The van der Waals surface area contributed by atoms with Crippen LogP contribution in [0, 0.1) is 4.77 Å². The van der Waals surface area contributed by atoms with Gasteiger partial charge in [-0.2, -0.15) is 0 Å². The average molecular weight is 264 g/mol. The minimum atomic E-state index is -1.19. The lowest BCUT2D eigenvalue weighted by Gasteiger charge is -2.06. The van der Waals surface area contributed by atoms with Crippen molar-refractivity contribution in [2.75, 3.05) is 0 Å². The molecule has 0 aliphatic carbocycles. The summed E-state index contributed by atoms with van der Waals surface area (Å²) in [6, 6.07) is 3.82. The molecular weight excluding hydrogens is 256 g/mol. The molecule has 2 rings (SSSR count). The molecule has 0 fully saturated rings. The van der Waals surface area contributed by atoms with Gasteiger partial charge in [0.05, 0.1) is 11.1 Å². The second-order valence-corrected chi connectivity index (χ2v) is 3.90. The van der Waals surface area contributed by atoms with Crippen molar-refractivity contribution in [3.63, 3.8) is 0 Å². The lowest BCUT2D eigenvalue weighted by molar-refractivity contribution is 0.0696. The highest BCUT2D eigenvalue weighted by Gasteiger charge is 2.12. The van der Waals surface area contributed by atoms with Gasteiger partial charge in [-0.1, -0.05) is 0 Å². The number of benzene rings is 1. The summed E-state index contributed by atoms with van der Waals surface area (Å²) in [5.74, 6) is -2.39. The Kier molecular flexibility index (Phi) is 2.99. The third kappa shape index (κ3) is 2.16. The molecule has 3 N–H and O–H groups in total. The largest absolute Gasteiger partial charge is 0.478 e. The summed E-state index contributed by atoms with van der Waals surface area (Å²) in [6.45, 7) is 0. The SMILES string of the molecule is O=C(O)c1cc(C(=O)O)cc(-n2cc[nH]c2=S)c1. The number of nitrogens with one attached hydrogen (secondary N) is 1. The van der Waals surface area contributed by atoms with Crippen molar-refractivity contribution in [3.8, 4) is 5.69 Å². The van der Waals surface area contributed by atoms with Gasteiger partial charge in [-0.05, 0) is 30.4 Å². The van der Waals surface area contributed by atoms with E-state index in [0.717, 1.165) is 6.07 Å². The Balaban J connectivity index is 2.68. The monoisotopic (exact) mass is 264 g/mol. The van der Waals surface area contributed by atoms with Gasteiger partial charge >= 0.3 is 11.9 Å². The zero-order valence-corrected chi connectivity index (χ0v) is 9.77. The van der Waals surface area contributed by atoms with E-state index < -0.39 is 11.9 Å². The molecule has 2 aromatic rings. The van der Waals surface area contributed by atoms with E-state index in [2.05, 4.69) is 4.98 Å². The van der Waals surface area contributed by atoms with Gasteiger partial charge in [0.15, 0.2) is 4.77 Å². The Morgan fingerprint density at radius 3 is 2.06 bits per heavy atom. The summed E-state index contributed by atoms with van der Waals surface area (Å²) in [4.78, 5) is 24.6. The first-order valence-corrected chi connectivity index (χ1v) is 5.28. The number of hydrogen-bond acceptors (Lipinski definition) is 3. The summed E-state index contributed by atoms with van der Waals surface area (Å²) in [5.41, 5.74) is 0.180. The number of carboxylic acid groups (broad SMARTS) is 2. The molecular formula is C11H8N2O4S. The van der Waals surface area contributed by atoms with Crippen LogP contribution in [0.4, 0.5) is 0 Å². The van der Waals surface area contributed by atoms with Crippen molar-refractivity contribution in [1.29, 1.82) is 0 Å². The third-order valence-electron chi connectivity index (χ3n) is 2.34. The summed E-state index contributed by atoms with van der Waals surface area (Å²) < 4.78 is 1.85. The molecule has 0 atom stereocenters. The van der Waals surface area contributed by atoms with Gasteiger partial charge in [-0.25, -0.2) is 9.59 Å². The number of carbonyl (C=O) groups is 2. The fourth-order valence-corrected chi connectivity index (χ4v) is 1.76. The second kappa shape index (κ2) is 4.46. The van der Waals surface area contributed by atoms with Crippen molar-refractivity contribution in [3.05, 3.63) is 46.5 Å². The Labute approximate surface area is 106 Å². The maximum absolute atomic E-state index is 10.9. The first kappa shape index (κ1) is 12.1. The van der Waals surface area contributed by atoms with E-state index in [1.165, 1.54) is 16.7 Å². The molecule has 1 aromatic carbocycles. The normalized spacial score (nSPS) is 10.2. The van der Waals surface area contributed by atoms with Gasteiger partial charge in [0, 0.05) is 18.1 Å². The zero-order valence-electron chi connectivity index (χ0n) is 8.95. The van der Waals surface area contributed by atoms with Crippen LogP contribution in [-0.4, -0.2) is 31.7 Å². The number of rotatable bonds is 3. The number of H-pyrrole nitrogens is 1. The molecule has 92 valence electrons. The van der Waals surface area contributed by atoms with Gasteiger partial charge in [0.1, 0.15) is 0 Å². The fraction of sp³-hybridized carbons (Fsp3) is 0. The molecule has 7 heteroatoms. The number of aromatic amines is 1. The minimum absolute atomic E-state index is 0.104. The predicted molar refractivity (Wildman–Crippen MR) is 64.9 cm³/mol. The van der Waals surface area contributed by atoms with E-state index in [9.17, 15) is 9.59 Å². The summed E-state index contributed by atoms with van der Waals surface area (Å²) in [7, 11) is 0. The standard InChI is InChI=1S/C11H8N2O4S/c14-9(15)6-3-7(10(16)17)5-8(4-6)13-2-1-12-11(13)18/h1-5H,(H,12,18)(H,14,15)(H,16,17). The molecule has 18 heavy (non-hydrogen) atoms. The van der Waals surface area contributed by atoms with Crippen molar-refractivity contribution in [2.24, 2.45) is 0 Å². The molecule has 0 saturated heterocycles. The summed E-state index contributed by atoms with van der Waals surface area (Å²) >= 11 is 5.00. The molecule has 0 aliphatic rings. The second-order valence-electron chi connectivity index (χ2n) is 3.51. The lowest BCUT2D eigenvalue weighted by atomic mass is 10.1. The molecule has 0 bridgehead atoms. The smallest absolute Gasteiger partial charge is 0.335 e. The molecule has 6 nitrogen and oxygen atoms in total. The molecule has 1 aromatic heterocycles. The van der Waals surface area contributed by atoms with E-state index in [4.69, 9.17) is 22.4 Å².